The zero-order valence-electron chi connectivity index (χ0n) is 8.72. The van der Waals surface area contributed by atoms with Gasteiger partial charge in [-0.25, -0.2) is 0 Å². The molecule has 0 radical (unpaired) electrons. The number of hydrogen-bond donors (Lipinski definition) is 1. The Kier molecular flexibility index (Phi) is 3.12. The van der Waals surface area contributed by atoms with E-state index in [2.05, 4.69) is 0 Å². The Labute approximate surface area is 102 Å². The van der Waals surface area contributed by atoms with Crippen molar-refractivity contribution in [2.45, 2.75) is 6.54 Å². The second-order valence-corrected chi connectivity index (χ2v) is 3.80. The number of nitro groups is 1. The Bertz CT molecular complexity index is 566. The number of rotatable bonds is 3. The Morgan fingerprint density at radius 1 is 1.35 bits per heavy atom. The molecule has 0 saturated heterocycles. The molecule has 2 N–H and O–H groups in total. The van der Waals surface area contributed by atoms with Crippen LogP contribution in [0.5, 0.6) is 0 Å². The molecule has 6 heteroatoms. The highest BCUT2D eigenvalue weighted by Crippen LogP contribution is 2.32. The lowest BCUT2D eigenvalue weighted by Gasteiger charge is -2.00. The molecule has 0 spiro atoms. The van der Waals surface area contributed by atoms with Crippen LogP contribution in [0.1, 0.15) is 5.76 Å². The highest BCUT2D eigenvalue weighted by Gasteiger charge is 2.13. The van der Waals surface area contributed by atoms with Gasteiger partial charge in [0.25, 0.3) is 5.69 Å². The maximum Gasteiger partial charge on any atom is 0.270 e. The van der Waals surface area contributed by atoms with Crippen LogP contribution in [0.15, 0.2) is 34.7 Å². The maximum absolute atomic E-state index is 10.7. The molecular weight excluding hydrogens is 244 g/mol. The molecule has 1 heterocycles. The van der Waals surface area contributed by atoms with Crippen LogP contribution in [0, 0.1) is 10.1 Å². The minimum absolute atomic E-state index is 0.0323. The number of nitro benzene ring substituents is 1. The van der Waals surface area contributed by atoms with Crippen molar-refractivity contribution in [3.8, 4) is 11.3 Å². The third-order valence-electron chi connectivity index (χ3n) is 2.29. The van der Waals surface area contributed by atoms with Crippen LogP contribution < -0.4 is 5.73 Å². The molecule has 0 bridgehead atoms. The highest BCUT2D eigenvalue weighted by atomic mass is 35.5. The van der Waals surface area contributed by atoms with Crippen LogP contribution in [0.4, 0.5) is 5.69 Å². The summed E-state index contributed by atoms with van der Waals surface area (Å²) >= 11 is 5.97. The zero-order valence-corrected chi connectivity index (χ0v) is 9.48. The van der Waals surface area contributed by atoms with E-state index < -0.39 is 4.92 Å². The molecule has 0 amide bonds. The summed E-state index contributed by atoms with van der Waals surface area (Å²) in [6.45, 7) is 0.270. The highest BCUT2D eigenvalue weighted by molar-refractivity contribution is 6.33. The summed E-state index contributed by atoms with van der Waals surface area (Å²) in [5, 5.41) is 11.1. The quantitative estimate of drug-likeness (QED) is 0.672. The van der Waals surface area contributed by atoms with Gasteiger partial charge in [-0.1, -0.05) is 11.6 Å². The lowest BCUT2D eigenvalue weighted by molar-refractivity contribution is -0.384. The minimum atomic E-state index is -0.480. The van der Waals surface area contributed by atoms with Crippen LogP contribution >= 0.6 is 11.6 Å². The van der Waals surface area contributed by atoms with Crippen LogP contribution in [0.2, 0.25) is 5.02 Å². The van der Waals surface area contributed by atoms with Gasteiger partial charge < -0.3 is 10.2 Å². The van der Waals surface area contributed by atoms with Crippen molar-refractivity contribution in [3.05, 3.63) is 51.2 Å². The minimum Gasteiger partial charge on any atom is -0.460 e. The fourth-order valence-corrected chi connectivity index (χ4v) is 1.66. The molecule has 1 aromatic carbocycles. The molecule has 0 aliphatic carbocycles. The van der Waals surface area contributed by atoms with Crippen molar-refractivity contribution in [1.82, 2.24) is 0 Å². The molecule has 5 nitrogen and oxygen atoms in total. The van der Waals surface area contributed by atoms with E-state index in [1.165, 1.54) is 18.2 Å². The van der Waals surface area contributed by atoms with Crippen LogP contribution in [0.25, 0.3) is 11.3 Å². The van der Waals surface area contributed by atoms with Gasteiger partial charge in [0.2, 0.25) is 0 Å². The summed E-state index contributed by atoms with van der Waals surface area (Å²) < 4.78 is 5.40. The summed E-state index contributed by atoms with van der Waals surface area (Å²) in [5.74, 6) is 1.07. The average molecular weight is 253 g/mol. The van der Waals surface area contributed by atoms with Gasteiger partial charge in [0.1, 0.15) is 11.5 Å². The Balaban J connectivity index is 2.49. The first-order valence-electron chi connectivity index (χ1n) is 4.85. The van der Waals surface area contributed by atoms with E-state index in [4.69, 9.17) is 21.8 Å². The largest absolute Gasteiger partial charge is 0.460 e. The van der Waals surface area contributed by atoms with Crippen molar-refractivity contribution < 1.29 is 9.34 Å². The van der Waals surface area contributed by atoms with Crippen molar-refractivity contribution in [1.29, 1.82) is 0 Å². The van der Waals surface area contributed by atoms with E-state index in [0.29, 0.717) is 22.1 Å². The molecule has 0 atom stereocenters. The van der Waals surface area contributed by atoms with Gasteiger partial charge in [-0.3, -0.25) is 10.1 Å². The molecule has 0 saturated carbocycles. The Hall–Kier alpha value is -1.85. The van der Waals surface area contributed by atoms with E-state index >= 15 is 0 Å². The van der Waals surface area contributed by atoms with Crippen molar-refractivity contribution in [3.63, 3.8) is 0 Å². The lowest BCUT2D eigenvalue weighted by atomic mass is 10.1. The Morgan fingerprint density at radius 2 is 2.12 bits per heavy atom. The van der Waals surface area contributed by atoms with Gasteiger partial charge in [0.05, 0.1) is 16.5 Å². The summed E-state index contributed by atoms with van der Waals surface area (Å²) in [5.41, 5.74) is 5.88. The predicted molar refractivity (Wildman–Crippen MR) is 63.7 cm³/mol. The topological polar surface area (TPSA) is 82.3 Å². The maximum atomic E-state index is 10.7. The van der Waals surface area contributed by atoms with Gasteiger partial charge in [-0.05, 0) is 18.2 Å². The number of nitrogens with zero attached hydrogens (tertiary/aromatic N) is 1. The average Bonchev–Trinajstić information content (AvgIpc) is 2.77. The van der Waals surface area contributed by atoms with Crippen LogP contribution in [-0.4, -0.2) is 4.92 Å². The van der Waals surface area contributed by atoms with Gasteiger partial charge in [0.15, 0.2) is 0 Å². The van der Waals surface area contributed by atoms with Crippen LogP contribution in [0.3, 0.4) is 0 Å². The second-order valence-electron chi connectivity index (χ2n) is 3.39. The molecule has 2 rings (SSSR count). The number of furan rings is 1. The third-order valence-corrected chi connectivity index (χ3v) is 2.62. The summed E-state index contributed by atoms with van der Waals surface area (Å²) in [7, 11) is 0. The summed E-state index contributed by atoms with van der Waals surface area (Å²) in [4.78, 5) is 10.2. The van der Waals surface area contributed by atoms with Gasteiger partial charge >= 0.3 is 0 Å². The first-order valence-corrected chi connectivity index (χ1v) is 5.22. The van der Waals surface area contributed by atoms with E-state index in [1.807, 2.05) is 0 Å². The normalized spacial score (nSPS) is 10.5. The summed E-state index contributed by atoms with van der Waals surface area (Å²) in [6.07, 6.45) is 0. The van der Waals surface area contributed by atoms with Gasteiger partial charge in [-0.15, -0.1) is 0 Å². The van der Waals surface area contributed by atoms with Gasteiger partial charge in [-0.2, -0.15) is 0 Å². The molecule has 88 valence electrons. The Morgan fingerprint density at radius 3 is 2.71 bits per heavy atom. The monoisotopic (exact) mass is 252 g/mol. The van der Waals surface area contributed by atoms with E-state index in [1.54, 1.807) is 12.1 Å². The standard InChI is InChI=1S/C11H9ClN2O3/c12-10-3-1-7(14(15)16)5-9(10)11-4-2-8(6-13)17-11/h1-5H,6,13H2. The SMILES string of the molecule is NCc1ccc(-c2cc([N+](=O)[O-])ccc2Cl)o1. The van der Waals surface area contributed by atoms with E-state index in [9.17, 15) is 10.1 Å². The van der Waals surface area contributed by atoms with E-state index in [-0.39, 0.29) is 12.2 Å². The molecule has 0 aliphatic heterocycles. The second kappa shape index (κ2) is 4.57. The van der Waals surface area contributed by atoms with Crippen molar-refractivity contribution >= 4 is 17.3 Å². The molecule has 0 unspecified atom stereocenters. The predicted octanol–water partition coefficient (Wildman–Crippen LogP) is 2.97. The number of benzene rings is 1. The summed E-state index contributed by atoms with van der Waals surface area (Å²) in [6, 6.07) is 7.59. The molecule has 0 fully saturated rings. The molecular formula is C11H9ClN2O3. The zero-order chi connectivity index (χ0) is 12.4. The number of halogens is 1. The number of nitrogens with two attached hydrogens (primary N) is 1. The fraction of sp³-hybridized carbons (Fsp3) is 0.0909. The molecule has 1 aromatic heterocycles. The van der Waals surface area contributed by atoms with Gasteiger partial charge in [0, 0.05) is 17.7 Å². The third kappa shape index (κ3) is 2.30. The van der Waals surface area contributed by atoms with E-state index in [0.717, 1.165) is 0 Å². The number of non-ortho nitro benzene ring substituents is 1. The first-order chi connectivity index (χ1) is 8.11. The molecule has 0 aliphatic rings. The van der Waals surface area contributed by atoms with Crippen molar-refractivity contribution in [2.75, 3.05) is 0 Å². The van der Waals surface area contributed by atoms with Crippen LogP contribution in [-0.2, 0) is 6.54 Å². The fourth-order valence-electron chi connectivity index (χ4n) is 1.45. The van der Waals surface area contributed by atoms with Crippen molar-refractivity contribution in [2.24, 2.45) is 5.73 Å². The smallest absolute Gasteiger partial charge is 0.270 e. The molecule has 2 aromatic rings. The number of hydrogen-bond acceptors (Lipinski definition) is 4. The molecule has 17 heavy (non-hydrogen) atoms. The first kappa shape index (κ1) is 11.6. The lowest BCUT2D eigenvalue weighted by Crippen LogP contribution is -1.92.